The van der Waals surface area contributed by atoms with Gasteiger partial charge < -0.3 is 15.2 Å². The Balaban J connectivity index is 2.10. The molecule has 0 saturated carbocycles. The van der Waals surface area contributed by atoms with Crippen molar-refractivity contribution in [3.8, 4) is 5.88 Å². The average Bonchev–Trinajstić information content (AvgIpc) is 1.95. The van der Waals surface area contributed by atoms with Gasteiger partial charge in [0.2, 0.25) is 17.8 Å². The lowest BCUT2D eigenvalue weighted by atomic mass is 10.3. The molecule has 0 spiro atoms. The molecule has 0 bridgehead atoms. The maximum atomic E-state index is 12.7. The molecule has 0 aliphatic carbocycles. The molecule has 13 heavy (non-hydrogen) atoms. The molecule has 1 aliphatic heterocycles. The van der Waals surface area contributed by atoms with Crippen molar-refractivity contribution in [2.24, 2.45) is 0 Å². The molecule has 70 valence electrons. The van der Waals surface area contributed by atoms with Crippen molar-refractivity contribution < 1.29 is 13.9 Å². The Morgan fingerprint density at radius 2 is 2.31 bits per heavy atom. The third-order valence-corrected chi connectivity index (χ3v) is 1.58. The summed E-state index contributed by atoms with van der Waals surface area (Å²) >= 11 is 0. The second kappa shape index (κ2) is 3.14. The van der Waals surface area contributed by atoms with Gasteiger partial charge in [-0.15, -0.1) is 0 Å². The highest BCUT2D eigenvalue weighted by Gasteiger charge is 2.21. The Morgan fingerprint density at radius 1 is 1.54 bits per heavy atom. The highest BCUT2D eigenvalue weighted by molar-refractivity contribution is 5.21. The Hall–Kier alpha value is -1.43. The predicted molar refractivity (Wildman–Crippen MR) is 41.6 cm³/mol. The van der Waals surface area contributed by atoms with Crippen LogP contribution in [-0.2, 0) is 4.74 Å². The Bertz CT molecular complexity index is 296. The van der Waals surface area contributed by atoms with E-state index in [0.29, 0.717) is 13.2 Å². The monoisotopic (exact) mass is 185 g/mol. The van der Waals surface area contributed by atoms with Crippen molar-refractivity contribution in [3.05, 3.63) is 12.0 Å². The summed E-state index contributed by atoms with van der Waals surface area (Å²) in [6.07, 6.45) is -0.0475. The van der Waals surface area contributed by atoms with Crippen molar-refractivity contribution in [1.82, 2.24) is 9.97 Å². The molecule has 0 unspecified atom stereocenters. The van der Waals surface area contributed by atoms with Crippen LogP contribution in [0.1, 0.15) is 0 Å². The van der Waals surface area contributed by atoms with Crippen molar-refractivity contribution in [2.45, 2.75) is 6.10 Å². The summed E-state index contributed by atoms with van der Waals surface area (Å²) in [6, 6.07) is 1.09. The molecule has 1 aromatic rings. The van der Waals surface area contributed by atoms with Gasteiger partial charge in [0.15, 0.2) is 0 Å². The number of nitrogens with two attached hydrogens (primary N) is 1. The second-order valence-corrected chi connectivity index (χ2v) is 2.66. The number of anilines is 1. The van der Waals surface area contributed by atoms with E-state index in [-0.39, 0.29) is 17.9 Å². The lowest BCUT2D eigenvalue weighted by Gasteiger charge is -2.25. The van der Waals surface area contributed by atoms with E-state index in [1.165, 1.54) is 0 Å². The number of halogens is 1. The minimum absolute atomic E-state index is 0.0475. The summed E-state index contributed by atoms with van der Waals surface area (Å²) in [5, 5.41) is 0. The van der Waals surface area contributed by atoms with E-state index in [4.69, 9.17) is 15.2 Å². The summed E-state index contributed by atoms with van der Waals surface area (Å²) in [5.74, 6) is -0.670. The maximum Gasteiger partial charge on any atom is 0.226 e. The minimum Gasteiger partial charge on any atom is -0.469 e. The first kappa shape index (κ1) is 8.18. The number of nitrogens with zero attached hydrogens (tertiary/aromatic N) is 2. The Labute approximate surface area is 73.7 Å². The van der Waals surface area contributed by atoms with E-state index >= 15 is 0 Å². The molecule has 2 N–H and O–H groups in total. The lowest BCUT2D eigenvalue weighted by Crippen LogP contribution is -2.38. The van der Waals surface area contributed by atoms with Crippen LogP contribution in [0.4, 0.5) is 10.3 Å². The molecule has 1 aromatic heterocycles. The van der Waals surface area contributed by atoms with Gasteiger partial charge in [-0.05, 0) is 0 Å². The second-order valence-electron chi connectivity index (χ2n) is 2.66. The number of ether oxygens (including phenoxy) is 2. The molecular formula is C7H8FN3O2. The molecule has 0 amide bonds. The summed E-state index contributed by atoms with van der Waals surface area (Å²) < 4.78 is 22.7. The smallest absolute Gasteiger partial charge is 0.226 e. The molecule has 5 nitrogen and oxygen atoms in total. The van der Waals surface area contributed by atoms with Crippen LogP contribution in [0.25, 0.3) is 0 Å². The Morgan fingerprint density at radius 3 is 2.85 bits per heavy atom. The highest BCUT2D eigenvalue weighted by Crippen LogP contribution is 2.14. The number of rotatable bonds is 2. The maximum absolute atomic E-state index is 12.7. The van der Waals surface area contributed by atoms with Crippen molar-refractivity contribution >= 4 is 5.95 Å². The number of hydrogen-bond acceptors (Lipinski definition) is 5. The summed E-state index contributed by atoms with van der Waals surface area (Å²) in [6.45, 7) is 1.01. The standard InChI is InChI=1S/C7H8FN3O2/c8-5-1-6(11-7(9)10-5)13-4-2-12-3-4/h1,4H,2-3H2,(H2,9,10,11). The predicted octanol–water partition coefficient (Wildman–Crippen LogP) is -0.0245. The van der Waals surface area contributed by atoms with Crippen molar-refractivity contribution in [3.63, 3.8) is 0 Å². The van der Waals surface area contributed by atoms with Gasteiger partial charge >= 0.3 is 0 Å². The fourth-order valence-electron chi connectivity index (χ4n) is 0.927. The van der Waals surface area contributed by atoms with Gasteiger partial charge in [0.25, 0.3) is 0 Å². The minimum atomic E-state index is -0.692. The van der Waals surface area contributed by atoms with Crippen LogP contribution in [0.15, 0.2) is 6.07 Å². The van der Waals surface area contributed by atoms with Gasteiger partial charge in [0.1, 0.15) is 6.10 Å². The van der Waals surface area contributed by atoms with E-state index in [1.54, 1.807) is 0 Å². The van der Waals surface area contributed by atoms with E-state index in [0.717, 1.165) is 6.07 Å². The van der Waals surface area contributed by atoms with Crippen LogP contribution >= 0.6 is 0 Å². The first-order valence-electron chi connectivity index (χ1n) is 3.78. The SMILES string of the molecule is Nc1nc(F)cc(OC2COC2)n1. The quantitative estimate of drug-likeness (QED) is 0.655. The zero-order chi connectivity index (χ0) is 9.26. The molecule has 2 rings (SSSR count). The Kier molecular flexibility index (Phi) is 1.97. The molecule has 0 aromatic carbocycles. The van der Waals surface area contributed by atoms with Crippen LogP contribution < -0.4 is 10.5 Å². The molecule has 1 saturated heterocycles. The van der Waals surface area contributed by atoms with Gasteiger partial charge in [0, 0.05) is 0 Å². The largest absolute Gasteiger partial charge is 0.469 e. The molecule has 0 radical (unpaired) electrons. The zero-order valence-corrected chi connectivity index (χ0v) is 6.74. The van der Waals surface area contributed by atoms with Gasteiger partial charge in [0.05, 0.1) is 19.3 Å². The van der Waals surface area contributed by atoms with E-state index < -0.39 is 5.95 Å². The van der Waals surface area contributed by atoms with Crippen molar-refractivity contribution in [2.75, 3.05) is 18.9 Å². The summed E-state index contributed by atoms with van der Waals surface area (Å²) in [7, 11) is 0. The molecule has 1 aliphatic rings. The lowest BCUT2D eigenvalue weighted by molar-refractivity contribution is -0.0814. The zero-order valence-electron chi connectivity index (χ0n) is 6.74. The fraction of sp³-hybridized carbons (Fsp3) is 0.429. The van der Waals surface area contributed by atoms with E-state index in [2.05, 4.69) is 9.97 Å². The van der Waals surface area contributed by atoms with Crippen LogP contribution in [-0.4, -0.2) is 29.3 Å². The highest BCUT2D eigenvalue weighted by atomic mass is 19.1. The van der Waals surface area contributed by atoms with Crippen LogP contribution in [0, 0.1) is 5.95 Å². The first-order chi connectivity index (χ1) is 6.24. The number of nitrogen functional groups attached to an aromatic ring is 1. The van der Waals surface area contributed by atoms with Crippen LogP contribution in [0.3, 0.4) is 0 Å². The fourth-order valence-corrected chi connectivity index (χ4v) is 0.927. The number of aromatic nitrogens is 2. The molecule has 0 atom stereocenters. The number of hydrogen-bond donors (Lipinski definition) is 1. The van der Waals surface area contributed by atoms with Gasteiger partial charge in [-0.3, -0.25) is 0 Å². The molecule has 1 fully saturated rings. The summed E-state index contributed by atoms with van der Waals surface area (Å²) in [5.41, 5.74) is 5.22. The molecular weight excluding hydrogens is 177 g/mol. The van der Waals surface area contributed by atoms with E-state index in [1.807, 2.05) is 0 Å². The van der Waals surface area contributed by atoms with Crippen LogP contribution in [0.2, 0.25) is 0 Å². The average molecular weight is 185 g/mol. The van der Waals surface area contributed by atoms with E-state index in [9.17, 15) is 4.39 Å². The normalized spacial score (nSPS) is 16.7. The summed E-state index contributed by atoms with van der Waals surface area (Å²) in [4.78, 5) is 6.98. The first-order valence-corrected chi connectivity index (χ1v) is 3.78. The van der Waals surface area contributed by atoms with Crippen molar-refractivity contribution in [1.29, 1.82) is 0 Å². The molecule has 2 heterocycles. The topological polar surface area (TPSA) is 70.3 Å². The molecule has 6 heteroatoms. The van der Waals surface area contributed by atoms with Gasteiger partial charge in [-0.1, -0.05) is 0 Å². The van der Waals surface area contributed by atoms with Crippen LogP contribution in [0.5, 0.6) is 5.88 Å². The third-order valence-electron chi connectivity index (χ3n) is 1.58. The third kappa shape index (κ3) is 1.83. The van der Waals surface area contributed by atoms with Gasteiger partial charge in [-0.25, -0.2) is 0 Å². The van der Waals surface area contributed by atoms with Gasteiger partial charge in [-0.2, -0.15) is 14.4 Å².